The van der Waals surface area contributed by atoms with E-state index in [0.29, 0.717) is 0 Å². The van der Waals surface area contributed by atoms with Crippen molar-refractivity contribution >= 4 is 0 Å². The molecule has 0 amide bonds. The van der Waals surface area contributed by atoms with E-state index >= 15 is 0 Å². The summed E-state index contributed by atoms with van der Waals surface area (Å²) < 4.78 is 9.06. The number of pyridine rings is 1. The van der Waals surface area contributed by atoms with Gasteiger partial charge >= 0.3 is 0 Å². The van der Waals surface area contributed by atoms with Crippen LogP contribution in [0.15, 0.2) is 107 Å². The largest absolute Gasteiger partial charge is 0.452 e. The van der Waals surface area contributed by atoms with Gasteiger partial charge in [-0.1, -0.05) is 68.4 Å². The lowest BCUT2D eigenvalue weighted by Crippen LogP contribution is -1.66. The number of oxazole rings is 1. The Kier molecular flexibility index (Phi) is 16.8. The van der Waals surface area contributed by atoms with E-state index in [2.05, 4.69) is 44.8 Å². The van der Waals surface area contributed by atoms with Crippen LogP contribution in [0.3, 0.4) is 0 Å². The van der Waals surface area contributed by atoms with Gasteiger partial charge in [-0.15, -0.1) is 0 Å². The minimum Gasteiger partial charge on any atom is -0.452 e. The highest BCUT2D eigenvalue weighted by molar-refractivity contribution is 4.99. The summed E-state index contributed by atoms with van der Waals surface area (Å²) in [5.41, 5.74) is 0. The van der Waals surface area contributed by atoms with Gasteiger partial charge in [-0.25, -0.2) is 4.98 Å². The molecule has 144 valence electrons. The smallest absolute Gasteiger partial charge is 0.180 e. The van der Waals surface area contributed by atoms with Crippen molar-refractivity contribution < 1.29 is 8.94 Å². The molecule has 0 N–H and O–H groups in total. The quantitative estimate of drug-likeness (QED) is 0.376. The van der Waals surface area contributed by atoms with Crippen molar-refractivity contribution in [2.45, 2.75) is 27.7 Å². The Morgan fingerprint density at radius 3 is 1.37 bits per heavy atom. The average Bonchev–Trinajstić information content (AvgIpc) is 3.42. The number of benzene rings is 1. The molecule has 0 radical (unpaired) electrons. The van der Waals surface area contributed by atoms with Crippen LogP contribution in [0.25, 0.3) is 0 Å². The van der Waals surface area contributed by atoms with Crippen LogP contribution in [0.5, 0.6) is 0 Å². The first-order valence-corrected chi connectivity index (χ1v) is 8.67. The second-order valence-electron chi connectivity index (χ2n) is 5.71. The monoisotopic (exact) mass is 367 g/mol. The lowest BCUT2D eigenvalue weighted by Gasteiger charge is -1.79. The minimum absolute atomic E-state index is 0.833. The first kappa shape index (κ1) is 23.8. The average molecular weight is 367 g/mol. The molecule has 3 aromatic heterocycles. The summed E-state index contributed by atoms with van der Waals surface area (Å²) >= 11 is 0. The Morgan fingerprint density at radius 2 is 1.22 bits per heavy atom. The zero-order chi connectivity index (χ0) is 20.0. The lowest BCUT2D eigenvalue weighted by molar-refractivity contribution is 0.397. The first-order chi connectivity index (χ1) is 13.1. The molecular weight excluding hydrogens is 338 g/mol. The fourth-order valence-electron chi connectivity index (χ4n) is 1.15. The maximum Gasteiger partial charge on any atom is 0.180 e. The maximum absolute atomic E-state index is 4.58. The molecule has 1 aromatic carbocycles. The van der Waals surface area contributed by atoms with Crippen LogP contribution in [0.2, 0.25) is 0 Å². The van der Waals surface area contributed by atoms with Crippen LogP contribution >= 0.6 is 0 Å². The lowest BCUT2D eigenvalue weighted by atomic mass is 10.3. The van der Waals surface area contributed by atoms with Crippen LogP contribution in [-0.4, -0.2) is 15.1 Å². The molecule has 3 heterocycles. The standard InChI is InChI=1S/C6H6.C5H5N.C4H5NO.C4H10.C3H3NO/c2*1-2-4-6-5-3-1;1-4-2-3-5-6-4;1-4(2)3;1-2-5-3-4-1/h1-6H;1-5H;2-3H,1H3;4H,1-3H3;1-3H. The van der Waals surface area contributed by atoms with Crippen LogP contribution in [0.4, 0.5) is 0 Å². The van der Waals surface area contributed by atoms with Gasteiger partial charge < -0.3 is 8.94 Å². The van der Waals surface area contributed by atoms with Crippen molar-refractivity contribution in [3.8, 4) is 0 Å². The van der Waals surface area contributed by atoms with Gasteiger partial charge in [-0.2, -0.15) is 0 Å². The highest BCUT2D eigenvalue weighted by Crippen LogP contribution is 1.88. The predicted molar refractivity (Wildman–Crippen MR) is 109 cm³/mol. The first-order valence-electron chi connectivity index (χ1n) is 8.67. The van der Waals surface area contributed by atoms with Crippen LogP contribution < -0.4 is 0 Å². The van der Waals surface area contributed by atoms with Gasteiger partial charge in [-0.05, 0) is 25.0 Å². The summed E-state index contributed by atoms with van der Waals surface area (Å²) in [6.07, 6.45) is 9.59. The number of hydrogen-bond donors (Lipinski definition) is 0. The zero-order valence-corrected chi connectivity index (χ0v) is 16.5. The van der Waals surface area contributed by atoms with Crippen LogP contribution in [0, 0.1) is 12.8 Å². The van der Waals surface area contributed by atoms with E-state index in [1.54, 1.807) is 30.9 Å². The summed E-state index contributed by atoms with van der Waals surface area (Å²) in [7, 11) is 0. The summed E-state index contributed by atoms with van der Waals surface area (Å²) in [4.78, 5) is 7.34. The molecule has 0 aliphatic rings. The molecule has 0 fully saturated rings. The van der Waals surface area contributed by atoms with Gasteiger partial charge in [0.15, 0.2) is 6.39 Å². The Morgan fingerprint density at radius 1 is 0.704 bits per heavy atom. The van der Waals surface area contributed by atoms with E-state index in [1.807, 2.05) is 61.5 Å². The van der Waals surface area contributed by atoms with Crippen molar-refractivity contribution in [1.29, 1.82) is 0 Å². The third-order valence-corrected chi connectivity index (χ3v) is 2.15. The number of aromatic nitrogens is 3. The summed E-state index contributed by atoms with van der Waals surface area (Å²) in [6.45, 7) is 8.35. The molecule has 4 rings (SSSR count). The highest BCUT2D eigenvalue weighted by Gasteiger charge is 1.78. The Labute approximate surface area is 162 Å². The van der Waals surface area contributed by atoms with Crippen LogP contribution in [0.1, 0.15) is 26.5 Å². The third kappa shape index (κ3) is 22.8. The second-order valence-corrected chi connectivity index (χ2v) is 5.71. The van der Waals surface area contributed by atoms with Crippen molar-refractivity contribution in [1.82, 2.24) is 15.1 Å². The molecule has 0 aliphatic heterocycles. The summed E-state index contributed by atoms with van der Waals surface area (Å²) in [5, 5.41) is 3.45. The number of aryl methyl sites for hydroxylation is 1. The van der Waals surface area contributed by atoms with Gasteiger partial charge in [0.25, 0.3) is 0 Å². The number of nitrogens with zero attached hydrogens (tertiary/aromatic N) is 3. The molecule has 5 nitrogen and oxygen atoms in total. The van der Waals surface area contributed by atoms with Gasteiger partial charge in [0.1, 0.15) is 12.0 Å². The Bertz CT molecular complexity index is 578. The zero-order valence-electron chi connectivity index (χ0n) is 16.5. The molecule has 4 aromatic rings. The molecule has 0 aliphatic carbocycles. The minimum atomic E-state index is 0.833. The summed E-state index contributed by atoms with van der Waals surface area (Å²) in [6, 6.07) is 19.5. The molecule has 0 unspecified atom stereocenters. The van der Waals surface area contributed by atoms with Gasteiger partial charge in [-0.3, -0.25) is 4.98 Å². The molecule has 5 heteroatoms. The SMILES string of the molecule is CC(C)C.Cc1ccno1.c1ccccc1.c1ccncc1.c1cocn1. The molecule has 0 saturated carbocycles. The Balaban J connectivity index is 0.000000316. The third-order valence-electron chi connectivity index (χ3n) is 2.15. The van der Waals surface area contributed by atoms with E-state index in [0.717, 1.165) is 11.7 Å². The molecular formula is C22H29N3O2. The number of hydrogen-bond acceptors (Lipinski definition) is 5. The van der Waals surface area contributed by atoms with Crippen molar-refractivity contribution in [3.05, 3.63) is 104 Å². The van der Waals surface area contributed by atoms with E-state index in [9.17, 15) is 0 Å². The van der Waals surface area contributed by atoms with Gasteiger partial charge in [0.05, 0.1) is 12.4 Å². The molecule has 0 atom stereocenters. The number of rotatable bonds is 0. The molecule has 27 heavy (non-hydrogen) atoms. The van der Waals surface area contributed by atoms with Gasteiger partial charge in [0.2, 0.25) is 0 Å². The topological polar surface area (TPSA) is 65.0 Å². The second kappa shape index (κ2) is 19.1. The highest BCUT2D eigenvalue weighted by atomic mass is 16.5. The van der Waals surface area contributed by atoms with E-state index < -0.39 is 0 Å². The summed E-state index contributed by atoms with van der Waals surface area (Å²) in [5.74, 6) is 1.69. The molecule has 0 saturated heterocycles. The Hall–Kier alpha value is -3.21. The van der Waals surface area contributed by atoms with Gasteiger partial charge in [0, 0.05) is 18.5 Å². The van der Waals surface area contributed by atoms with Crippen molar-refractivity contribution in [2.24, 2.45) is 5.92 Å². The predicted octanol–water partition coefficient (Wildman–Crippen LogP) is 6.09. The van der Waals surface area contributed by atoms with E-state index in [-0.39, 0.29) is 0 Å². The van der Waals surface area contributed by atoms with Crippen molar-refractivity contribution in [3.63, 3.8) is 0 Å². The normalized spacial score (nSPS) is 8.33. The van der Waals surface area contributed by atoms with Crippen LogP contribution in [-0.2, 0) is 0 Å². The molecule has 0 spiro atoms. The van der Waals surface area contributed by atoms with E-state index in [4.69, 9.17) is 0 Å². The maximum atomic E-state index is 4.58. The van der Waals surface area contributed by atoms with E-state index in [1.165, 1.54) is 12.7 Å². The van der Waals surface area contributed by atoms with Crippen molar-refractivity contribution in [2.75, 3.05) is 0 Å². The fourth-order valence-corrected chi connectivity index (χ4v) is 1.15. The fraction of sp³-hybridized carbons (Fsp3) is 0.227. The molecule has 0 bridgehead atoms.